The molecular formula is C55H107NO2. The summed E-state index contributed by atoms with van der Waals surface area (Å²) < 4.78 is 0. The summed E-state index contributed by atoms with van der Waals surface area (Å²) in [5.41, 5.74) is 6.38. The summed E-state index contributed by atoms with van der Waals surface area (Å²) in [5.74, 6) is -0.664. The van der Waals surface area contributed by atoms with Gasteiger partial charge in [-0.1, -0.05) is 237 Å². The summed E-state index contributed by atoms with van der Waals surface area (Å²) in [4.78, 5) is 10.3. The van der Waals surface area contributed by atoms with Crippen LogP contribution in [0.1, 0.15) is 303 Å². The van der Waals surface area contributed by atoms with Crippen molar-refractivity contribution in [2.45, 2.75) is 309 Å². The van der Waals surface area contributed by atoms with Crippen LogP contribution in [0, 0.1) is 0 Å². The molecule has 3 nitrogen and oxygen atoms in total. The Kier molecular flexibility index (Phi) is 56.4. The van der Waals surface area contributed by atoms with Crippen molar-refractivity contribution in [2.24, 2.45) is 5.73 Å². The smallest absolute Gasteiger partial charge is 0.303 e. The third-order valence-electron chi connectivity index (χ3n) is 11.8. The molecular weight excluding hydrogens is 707 g/mol. The largest absolute Gasteiger partial charge is 0.481 e. The summed E-state index contributed by atoms with van der Waals surface area (Å²) in [6.45, 7) is 6.84. The molecule has 0 fully saturated rings. The van der Waals surface area contributed by atoms with E-state index in [4.69, 9.17) is 10.8 Å². The highest BCUT2D eigenvalue weighted by molar-refractivity contribution is 5.66. The molecule has 344 valence electrons. The van der Waals surface area contributed by atoms with E-state index in [1.165, 1.54) is 263 Å². The zero-order valence-corrected chi connectivity index (χ0v) is 40.1. The van der Waals surface area contributed by atoms with Gasteiger partial charge in [0, 0.05) is 12.5 Å². The SMILES string of the molecule is CCCCCCCCC=CCCCCCCCC(=O)O.CCCCCCCCC=CCCCCCCCCC(N)CCCCCCCCC=CCCCCCCCC. The fourth-order valence-corrected chi connectivity index (χ4v) is 7.80. The number of hydrogen-bond acceptors (Lipinski definition) is 2. The second kappa shape index (κ2) is 55.7. The molecule has 0 amide bonds. The van der Waals surface area contributed by atoms with E-state index in [1.54, 1.807) is 0 Å². The Hall–Kier alpha value is -1.35. The first kappa shape index (κ1) is 58.7. The first-order valence-electron chi connectivity index (χ1n) is 26.5. The lowest BCUT2D eigenvalue weighted by Crippen LogP contribution is -2.19. The van der Waals surface area contributed by atoms with E-state index < -0.39 is 5.97 Å². The minimum Gasteiger partial charge on any atom is -0.481 e. The van der Waals surface area contributed by atoms with Gasteiger partial charge in [-0.2, -0.15) is 0 Å². The van der Waals surface area contributed by atoms with Gasteiger partial charge in [-0.3, -0.25) is 4.79 Å². The number of aliphatic carboxylic acids is 1. The molecule has 0 rings (SSSR count). The normalized spacial score (nSPS) is 12.3. The van der Waals surface area contributed by atoms with Crippen molar-refractivity contribution in [2.75, 3.05) is 0 Å². The van der Waals surface area contributed by atoms with Gasteiger partial charge in [0.2, 0.25) is 0 Å². The van der Waals surface area contributed by atoms with Crippen LogP contribution in [0.3, 0.4) is 0 Å². The van der Waals surface area contributed by atoms with E-state index in [-0.39, 0.29) is 0 Å². The van der Waals surface area contributed by atoms with Gasteiger partial charge in [0.1, 0.15) is 0 Å². The highest BCUT2D eigenvalue weighted by Gasteiger charge is 2.03. The molecule has 0 bridgehead atoms. The van der Waals surface area contributed by atoms with Gasteiger partial charge in [-0.15, -0.1) is 0 Å². The number of carboxylic acid groups (broad SMARTS) is 1. The van der Waals surface area contributed by atoms with Crippen molar-refractivity contribution in [1.82, 2.24) is 0 Å². The van der Waals surface area contributed by atoms with Crippen molar-refractivity contribution < 1.29 is 9.90 Å². The first-order valence-corrected chi connectivity index (χ1v) is 26.5. The van der Waals surface area contributed by atoms with Gasteiger partial charge in [-0.25, -0.2) is 0 Å². The second-order valence-corrected chi connectivity index (χ2v) is 17.9. The molecule has 0 aliphatic heterocycles. The molecule has 0 aromatic heterocycles. The molecule has 0 unspecified atom stereocenters. The number of nitrogens with two attached hydrogens (primary N) is 1. The summed E-state index contributed by atoms with van der Waals surface area (Å²) >= 11 is 0. The van der Waals surface area contributed by atoms with Crippen molar-refractivity contribution >= 4 is 5.97 Å². The zero-order chi connectivity index (χ0) is 42.5. The van der Waals surface area contributed by atoms with Crippen LogP contribution in [-0.2, 0) is 4.79 Å². The van der Waals surface area contributed by atoms with Crippen molar-refractivity contribution in [3.8, 4) is 0 Å². The van der Waals surface area contributed by atoms with Gasteiger partial charge >= 0.3 is 5.97 Å². The number of unbranched alkanes of at least 4 members (excludes halogenated alkanes) is 35. The molecule has 3 heteroatoms. The predicted molar refractivity (Wildman–Crippen MR) is 263 cm³/mol. The Morgan fingerprint density at radius 2 is 0.552 bits per heavy atom. The topological polar surface area (TPSA) is 63.3 Å². The number of rotatable bonds is 47. The van der Waals surface area contributed by atoms with Crippen LogP contribution in [0.15, 0.2) is 36.5 Å². The van der Waals surface area contributed by atoms with E-state index in [2.05, 4.69) is 57.2 Å². The maximum Gasteiger partial charge on any atom is 0.303 e. The maximum absolute atomic E-state index is 10.3. The van der Waals surface area contributed by atoms with Crippen LogP contribution >= 0.6 is 0 Å². The Morgan fingerprint density at radius 3 is 0.793 bits per heavy atom. The number of allylic oxidation sites excluding steroid dienone is 6. The molecule has 0 heterocycles. The average molecular weight is 814 g/mol. The predicted octanol–water partition coefficient (Wildman–Crippen LogP) is 19.3. The van der Waals surface area contributed by atoms with Crippen LogP contribution in [0.25, 0.3) is 0 Å². The average Bonchev–Trinajstić information content (AvgIpc) is 3.22. The summed E-state index contributed by atoms with van der Waals surface area (Å²) in [6.07, 6.45) is 72.2. The van der Waals surface area contributed by atoms with Crippen LogP contribution < -0.4 is 5.73 Å². The molecule has 0 radical (unpaired) electrons. The van der Waals surface area contributed by atoms with Gasteiger partial charge in [0.15, 0.2) is 0 Å². The molecule has 3 N–H and O–H groups in total. The molecule has 58 heavy (non-hydrogen) atoms. The Bertz CT molecular complexity index is 790. The van der Waals surface area contributed by atoms with Crippen LogP contribution in [-0.4, -0.2) is 17.1 Å². The lowest BCUT2D eigenvalue weighted by Gasteiger charge is -2.11. The van der Waals surface area contributed by atoms with Crippen LogP contribution in [0.2, 0.25) is 0 Å². The minimum absolute atomic E-state index is 0.332. The molecule has 0 atom stereocenters. The van der Waals surface area contributed by atoms with Crippen molar-refractivity contribution in [1.29, 1.82) is 0 Å². The van der Waals surface area contributed by atoms with E-state index in [0.717, 1.165) is 12.8 Å². The van der Waals surface area contributed by atoms with Gasteiger partial charge < -0.3 is 10.8 Å². The van der Waals surface area contributed by atoms with Gasteiger partial charge in [0.25, 0.3) is 0 Å². The fourth-order valence-electron chi connectivity index (χ4n) is 7.80. The number of carboxylic acids is 1. The Morgan fingerprint density at radius 1 is 0.345 bits per heavy atom. The molecule has 0 aliphatic rings. The highest BCUT2D eigenvalue weighted by atomic mass is 16.4. The number of carbonyl (C=O) groups is 1. The molecule has 0 saturated heterocycles. The lowest BCUT2D eigenvalue weighted by atomic mass is 10.0. The number of hydrogen-bond donors (Lipinski definition) is 2. The monoisotopic (exact) mass is 814 g/mol. The van der Waals surface area contributed by atoms with Crippen LogP contribution in [0.5, 0.6) is 0 Å². The van der Waals surface area contributed by atoms with Crippen molar-refractivity contribution in [3.63, 3.8) is 0 Å². The van der Waals surface area contributed by atoms with E-state index >= 15 is 0 Å². The second-order valence-electron chi connectivity index (χ2n) is 17.9. The molecule has 0 aliphatic carbocycles. The van der Waals surface area contributed by atoms with Gasteiger partial charge in [-0.05, 0) is 96.3 Å². The van der Waals surface area contributed by atoms with E-state index in [1.807, 2.05) is 0 Å². The molecule has 0 aromatic carbocycles. The molecule has 0 saturated carbocycles. The fraction of sp³-hybridized carbons (Fsp3) is 0.873. The standard InChI is InChI=1S/C37H73N.C18H34O2/c1-3-5-7-9-11-13-15-17-19-21-23-25-27-29-31-33-35-37(38)36-34-32-30-28-26-24-22-20-18-16-14-12-10-8-6-4-2;1-2-3-4-5-6-7-8-9-10-11-12-13-14-15-16-17-18(19)20/h17-20,37H,3-16,21-36,38H2,1-2H3;9-10H,2-8,11-17H2,1H3,(H,19,20). The van der Waals surface area contributed by atoms with E-state index in [9.17, 15) is 4.79 Å². The third-order valence-corrected chi connectivity index (χ3v) is 11.8. The van der Waals surface area contributed by atoms with Crippen molar-refractivity contribution in [3.05, 3.63) is 36.5 Å². The van der Waals surface area contributed by atoms with Gasteiger partial charge in [0.05, 0.1) is 0 Å². The Balaban J connectivity index is 0. The molecule has 0 spiro atoms. The third kappa shape index (κ3) is 59.0. The summed E-state index contributed by atoms with van der Waals surface area (Å²) in [7, 11) is 0. The highest BCUT2D eigenvalue weighted by Crippen LogP contribution is 2.15. The summed E-state index contributed by atoms with van der Waals surface area (Å²) in [5, 5.41) is 8.51. The lowest BCUT2D eigenvalue weighted by molar-refractivity contribution is -0.137. The summed E-state index contributed by atoms with van der Waals surface area (Å²) in [6, 6.07) is 0.448. The maximum atomic E-state index is 10.3. The Labute approximate surface area is 366 Å². The molecule has 0 aromatic rings. The zero-order valence-electron chi connectivity index (χ0n) is 40.1. The quantitative estimate of drug-likeness (QED) is 0.0475. The van der Waals surface area contributed by atoms with Crippen LogP contribution in [0.4, 0.5) is 0 Å². The first-order chi connectivity index (χ1) is 28.6. The minimum atomic E-state index is -0.664. The van der Waals surface area contributed by atoms with E-state index in [0.29, 0.717) is 12.5 Å².